The fourth-order valence-electron chi connectivity index (χ4n) is 1.21. The average Bonchev–Trinajstić information content (AvgIpc) is 2.14. The zero-order chi connectivity index (χ0) is 11.5. The molecule has 0 spiro atoms. The second-order valence-electron chi connectivity index (χ2n) is 3.27. The van der Waals surface area contributed by atoms with Gasteiger partial charge in [0.05, 0.1) is 20.0 Å². The molecule has 1 rings (SSSR count). The van der Waals surface area contributed by atoms with Crippen molar-refractivity contribution in [3.05, 3.63) is 29.3 Å². The summed E-state index contributed by atoms with van der Waals surface area (Å²) in [5.74, 6) is 0.776. The lowest BCUT2D eigenvalue weighted by atomic mass is 10.1. The highest BCUT2D eigenvalue weighted by Crippen LogP contribution is 2.19. The Balaban J connectivity index is 2.76. The molecule has 0 atom stereocenters. The molecule has 15 heavy (non-hydrogen) atoms. The minimum atomic E-state index is -3.38. The van der Waals surface area contributed by atoms with Crippen LogP contribution in [0.1, 0.15) is 11.1 Å². The van der Waals surface area contributed by atoms with Gasteiger partial charge in [0, 0.05) is 0 Å². The molecule has 0 radical (unpaired) electrons. The maximum atomic E-state index is 10.8. The van der Waals surface area contributed by atoms with Crippen LogP contribution >= 0.6 is 0 Å². The quantitative estimate of drug-likeness (QED) is 0.735. The Labute approximate surface area is 90.0 Å². The fraction of sp³-hybridized carbons (Fsp3) is 0.400. The summed E-state index contributed by atoms with van der Waals surface area (Å²) >= 11 is 0. The Hall–Kier alpha value is -1.07. The number of ether oxygens (including phenoxy) is 1. The number of aryl methyl sites for hydroxylation is 1. The normalized spacial score (nSPS) is 11.4. The van der Waals surface area contributed by atoms with Crippen molar-refractivity contribution in [2.75, 3.05) is 13.4 Å². The van der Waals surface area contributed by atoms with Crippen LogP contribution in [0.25, 0.3) is 0 Å². The van der Waals surface area contributed by atoms with Crippen molar-refractivity contribution < 1.29 is 17.3 Å². The molecular weight excluding hydrogens is 216 g/mol. The van der Waals surface area contributed by atoms with Crippen LogP contribution in [0.2, 0.25) is 0 Å². The predicted molar refractivity (Wildman–Crippen MR) is 57.4 cm³/mol. The number of rotatable bonds is 4. The topological polar surface area (TPSA) is 52.6 Å². The predicted octanol–water partition coefficient (Wildman–Crippen LogP) is 1.48. The van der Waals surface area contributed by atoms with Gasteiger partial charge in [-0.05, 0) is 24.1 Å². The van der Waals surface area contributed by atoms with Gasteiger partial charge in [0.25, 0.3) is 10.1 Å². The molecule has 0 fully saturated rings. The van der Waals surface area contributed by atoms with Crippen LogP contribution in [0, 0.1) is 6.92 Å². The van der Waals surface area contributed by atoms with Crippen LogP contribution in [-0.4, -0.2) is 21.8 Å². The molecule has 0 aliphatic rings. The van der Waals surface area contributed by atoms with Crippen LogP contribution in [0.3, 0.4) is 0 Å². The summed E-state index contributed by atoms with van der Waals surface area (Å²) in [5.41, 5.74) is 1.76. The Bertz CT molecular complexity index is 437. The van der Waals surface area contributed by atoms with E-state index in [1.807, 2.05) is 13.0 Å². The zero-order valence-electron chi connectivity index (χ0n) is 8.98. The Morgan fingerprint density at radius 1 is 1.33 bits per heavy atom. The maximum absolute atomic E-state index is 10.8. The van der Waals surface area contributed by atoms with Gasteiger partial charge in [0.15, 0.2) is 0 Å². The third kappa shape index (κ3) is 3.89. The standard InChI is InChI=1S/C10H14O4S/c1-8-6-9(4-5-10(8)13-2)7-14-15(3,11)12/h4-6H,7H2,1-3H3. The molecule has 0 aliphatic heterocycles. The van der Waals surface area contributed by atoms with E-state index in [9.17, 15) is 8.42 Å². The first-order valence-electron chi connectivity index (χ1n) is 4.40. The second-order valence-corrected chi connectivity index (χ2v) is 4.91. The number of methoxy groups -OCH3 is 1. The van der Waals surface area contributed by atoms with Crippen molar-refractivity contribution in [1.29, 1.82) is 0 Å². The van der Waals surface area contributed by atoms with Crippen molar-refractivity contribution >= 4 is 10.1 Å². The average molecular weight is 230 g/mol. The van der Waals surface area contributed by atoms with Gasteiger partial charge in [0.1, 0.15) is 5.75 Å². The molecule has 0 aromatic heterocycles. The summed E-state index contributed by atoms with van der Waals surface area (Å²) < 4.78 is 31.3. The largest absolute Gasteiger partial charge is 0.496 e. The van der Waals surface area contributed by atoms with Crippen LogP contribution in [-0.2, 0) is 20.9 Å². The van der Waals surface area contributed by atoms with Gasteiger partial charge in [-0.1, -0.05) is 12.1 Å². The van der Waals surface area contributed by atoms with Crippen molar-refractivity contribution in [3.63, 3.8) is 0 Å². The second kappa shape index (κ2) is 4.63. The summed E-state index contributed by atoms with van der Waals surface area (Å²) in [6, 6.07) is 5.40. The lowest BCUT2D eigenvalue weighted by Gasteiger charge is -2.07. The van der Waals surface area contributed by atoms with E-state index >= 15 is 0 Å². The van der Waals surface area contributed by atoms with E-state index < -0.39 is 10.1 Å². The first kappa shape index (κ1) is 12.0. The lowest BCUT2D eigenvalue weighted by molar-refractivity contribution is 0.311. The number of hydrogen-bond donors (Lipinski definition) is 0. The Morgan fingerprint density at radius 2 is 2.00 bits per heavy atom. The summed E-state index contributed by atoms with van der Waals surface area (Å²) in [6.07, 6.45) is 1.03. The van der Waals surface area contributed by atoms with E-state index in [1.165, 1.54) is 0 Å². The smallest absolute Gasteiger partial charge is 0.264 e. The minimum Gasteiger partial charge on any atom is -0.496 e. The highest BCUT2D eigenvalue weighted by Gasteiger charge is 2.04. The third-order valence-electron chi connectivity index (χ3n) is 1.90. The highest BCUT2D eigenvalue weighted by molar-refractivity contribution is 7.85. The number of benzene rings is 1. The van der Waals surface area contributed by atoms with Crippen LogP contribution in [0.15, 0.2) is 18.2 Å². The van der Waals surface area contributed by atoms with Gasteiger partial charge < -0.3 is 4.74 Å². The highest BCUT2D eigenvalue weighted by atomic mass is 32.2. The Kier molecular flexibility index (Phi) is 3.71. The van der Waals surface area contributed by atoms with Gasteiger partial charge in [-0.15, -0.1) is 0 Å². The van der Waals surface area contributed by atoms with Crippen LogP contribution in [0.4, 0.5) is 0 Å². The number of hydrogen-bond acceptors (Lipinski definition) is 4. The van der Waals surface area contributed by atoms with Crippen LogP contribution in [0.5, 0.6) is 5.75 Å². The van der Waals surface area contributed by atoms with Gasteiger partial charge >= 0.3 is 0 Å². The van der Waals surface area contributed by atoms with Crippen molar-refractivity contribution in [2.24, 2.45) is 0 Å². The molecule has 0 bridgehead atoms. The summed E-state index contributed by atoms with van der Waals surface area (Å²) in [6.45, 7) is 1.95. The van der Waals surface area contributed by atoms with Crippen molar-refractivity contribution in [2.45, 2.75) is 13.5 Å². The van der Waals surface area contributed by atoms with E-state index in [0.29, 0.717) is 0 Å². The summed E-state index contributed by atoms with van der Waals surface area (Å²) in [7, 11) is -1.79. The van der Waals surface area contributed by atoms with Crippen LogP contribution < -0.4 is 4.74 Å². The van der Waals surface area contributed by atoms with Gasteiger partial charge in [-0.25, -0.2) is 0 Å². The van der Waals surface area contributed by atoms with E-state index in [0.717, 1.165) is 23.1 Å². The monoisotopic (exact) mass is 230 g/mol. The van der Waals surface area contributed by atoms with E-state index in [-0.39, 0.29) is 6.61 Å². The molecule has 4 nitrogen and oxygen atoms in total. The summed E-state index contributed by atoms with van der Waals surface area (Å²) in [5, 5.41) is 0. The van der Waals surface area contributed by atoms with Gasteiger partial charge in [0.2, 0.25) is 0 Å². The first-order valence-corrected chi connectivity index (χ1v) is 6.22. The molecule has 84 valence electrons. The first-order chi connectivity index (χ1) is 6.92. The van der Waals surface area contributed by atoms with Crippen molar-refractivity contribution in [3.8, 4) is 5.75 Å². The SMILES string of the molecule is COc1ccc(COS(C)(=O)=O)cc1C. The van der Waals surface area contributed by atoms with Gasteiger partial charge in [-0.3, -0.25) is 4.18 Å². The molecule has 5 heteroatoms. The molecule has 0 heterocycles. The molecule has 1 aromatic carbocycles. The maximum Gasteiger partial charge on any atom is 0.264 e. The minimum absolute atomic E-state index is 0.0592. The Morgan fingerprint density at radius 3 is 2.47 bits per heavy atom. The summed E-state index contributed by atoms with van der Waals surface area (Å²) in [4.78, 5) is 0. The molecule has 0 N–H and O–H groups in total. The van der Waals surface area contributed by atoms with E-state index in [4.69, 9.17) is 4.74 Å². The van der Waals surface area contributed by atoms with Crippen molar-refractivity contribution in [1.82, 2.24) is 0 Å². The molecule has 0 aliphatic carbocycles. The van der Waals surface area contributed by atoms with Gasteiger partial charge in [-0.2, -0.15) is 8.42 Å². The van der Waals surface area contributed by atoms with E-state index in [1.54, 1.807) is 19.2 Å². The lowest BCUT2D eigenvalue weighted by Crippen LogP contribution is -2.02. The molecule has 0 saturated carbocycles. The molecular formula is C10H14O4S. The molecule has 0 amide bonds. The fourth-order valence-corrected chi connectivity index (χ4v) is 1.56. The molecule has 0 saturated heterocycles. The molecule has 0 unspecified atom stereocenters. The molecule has 1 aromatic rings. The van der Waals surface area contributed by atoms with E-state index in [2.05, 4.69) is 4.18 Å². The zero-order valence-corrected chi connectivity index (χ0v) is 9.80. The third-order valence-corrected chi connectivity index (χ3v) is 2.44.